The first kappa shape index (κ1) is 22.1. The number of nitrogens with zero attached hydrogens (tertiary/aromatic N) is 3. The molecule has 1 unspecified atom stereocenters. The van der Waals surface area contributed by atoms with E-state index in [4.69, 9.17) is 5.26 Å². The molecule has 2 aromatic rings. The molecule has 166 valence electrons. The molecule has 2 saturated heterocycles. The minimum absolute atomic E-state index is 0.183. The van der Waals surface area contributed by atoms with Gasteiger partial charge in [0.25, 0.3) is 5.91 Å². The number of halogens is 1. The van der Waals surface area contributed by atoms with Crippen LogP contribution >= 0.6 is 0 Å². The summed E-state index contributed by atoms with van der Waals surface area (Å²) >= 11 is 0. The Morgan fingerprint density at radius 1 is 1.41 bits per heavy atom. The molecule has 0 radical (unpaired) electrons. The fraction of sp³-hybridized carbons (Fsp3) is 0.348. The van der Waals surface area contributed by atoms with Crippen molar-refractivity contribution in [2.75, 3.05) is 31.2 Å². The quantitative estimate of drug-likeness (QED) is 0.741. The highest BCUT2D eigenvalue weighted by atomic mass is 32.2. The van der Waals surface area contributed by atoms with Crippen LogP contribution in [0.4, 0.5) is 10.1 Å². The van der Waals surface area contributed by atoms with Crippen molar-refractivity contribution >= 4 is 22.4 Å². The van der Waals surface area contributed by atoms with Crippen LogP contribution in [-0.4, -0.2) is 50.6 Å². The van der Waals surface area contributed by atoms with Gasteiger partial charge in [-0.2, -0.15) is 5.26 Å². The normalized spacial score (nSPS) is 24.3. The van der Waals surface area contributed by atoms with Gasteiger partial charge in [0.15, 0.2) is 0 Å². The Balaban J connectivity index is 1.59. The zero-order valence-electron chi connectivity index (χ0n) is 18.2. The highest BCUT2D eigenvalue weighted by Gasteiger charge is 2.55. The van der Waals surface area contributed by atoms with E-state index >= 15 is 0 Å². The lowest BCUT2D eigenvalue weighted by molar-refractivity contribution is 0.102. The summed E-state index contributed by atoms with van der Waals surface area (Å²) in [6.07, 6.45) is 1.33. The van der Waals surface area contributed by atoms with E-state index in [-0.39, 0.29) is 11.4 Å². The van der Waals surface area contributed by atoms with E-state index in [0.29, 0.717) is 41.2 Å². The third-order valence-electron chi connectivity index (χ3n) is 6.12. The van der Waals surface area contributed by atoms with Gasteiger partial charge < -0.3 is 15.5 Å². The van der Waals surface area contributed by atoms with Gasteiger partial charge in [-0.1, -0.05) is 6.58 Å². The Hall–Kier alpha value is -3.09. The number of likely N-dealkylation sites (tertiary alicyclic amines) is 1. The maximum Gasteiger partial charge on any atom is 0.274 e. The minimum Gasteiger partial charge on any atom is -0.377 e. The van der Waals surface area contributed by atoms with E-state index in [1.807, 2.05) is 13.1 Å². The van der Waals surface area contributed by atoms with E-state index < -0.39 is 32.8 Å². The Morgan fingerprint density at radius 2 is 2.12 bits per heavy atom. The standard InChI is InChI=1S/C23H24FN5O2S/c1-14-7-16(9-25)10-26-20(14)21(30)27-17-5-6-19(24)18(8-17)22(3)13-32(31)23(15(2)28-22)11-29(4)12-23/h5-8,10,28H,2,11-13H2,1,3-4H3,(H,27,30)/t22-,32?/m0/s1. The first-order valence-electron chi connectivity index (χ1n) is 10.1. The molecule has 1 aromatic carbocycles. The molecule has 2 aliphatic rings. The van der Waals surface area contributed by atoms with Crippen LogP contribution in [0.25, 0.3) is 0 Å². The van der Waals surface area contributed by atoms with Gasteiger partial charge in [-0.25, -0.2) is 9.37 Å². The zero-order valence-corrected chi connectivity index (χ0v) is 19.0. The van der Waals surface area contributed by atoms with Crippen LogP contribution in [0.1, 0.15) is 34.1 Å². The topological polar surface area (TPSA) is 98.1 Å². The van der Waals surface area contributed by atoms with Gasteiger partial charge in [-0.15, -0.1) is 0 Å². The summed E-state index contributed by atoms with van der Waals surface area (Å²) < 4.78 is 27.5. The SMILES string of the molecule is C=C1N[C@](C)(c2cc(NC(=O)c3ncc(C#N)cc3C)ccc2F)CS(=O)C12CN(C)C2. The number of aromatic nitrogens is 1. The van der Waals surface area contributed by atoms with Gasteiger partial charge in [-0.3, -0.25) is 9.00 Å². The lowest BCUT2D eigenvalue weighted by Gasteiger charge is -2.55. The van der Waals surface area contributed by atoms with Crippen molar-refractivity contribution < 1.29 is 13.4 Å². The van der Waals surface area contributed by atoms with Crippen LogP contribution < -0.4 is 10.6 Å². The van der Waals surface area contributed by atoms with E-state index in [1.165, 1.54) is 18.3 Å². The average Bonchev–Trinajstić information content (AvgIpc) is 2.71. The van der Waals surface area contributed by atoms with Crippen molar-refractivity contribution in [1.29, 1.82) is 5.26 Å². The molecule has 3 heterocycles. The Labute approximate surface area is 188 Å². The van der Waals surface area contributed by atoms with E-state index in [0.717, 1.165) is 0 Å². The first-order chi connectivity index (χ1) is 15.1. The summed E-state index contributed by atoms with van der Waals surface area (Å²) in [4.78, 5) is 18.9. The molecule has 2 fully saturated rings. The zero-order chi connectivity index (χ0) is 23.3. The number of benzene rings is 1. The van der Waals surface area contributed by atoms with Gasteiger partial charge in [0.1, 0.15) is 22.3 Å². The van der Waals surface area contributed by atoms with Crippen molar-refractivity contribution in [2.24, 2.45) is 0 Å². The number of nitriles is 1. The lowest BCUT2D eigenvalue weighted by Crippen LogP contribution is -2.71. The monoisotopic (exact) mass is 453 g/mol. The lowest BCUT2D eigenvalue weighted by atomic mass is 9.88. The number of aryl methyl sites for hydroxylation is 1. The first-order valence-corrected chi connectivity index (χ1v) is 11.4. The largest absolute Gasteiger partial charge is 0.377 e. The predicted molar refractivity (Wildman–Crippen MR) is 121 cm³/mol. The summed E-state index contributed by atoms with van der Waals surface area (Å²) in [5.74, 6) is -0.697. The van der Waals surface area contributed by atoms with Gasteiger partial charge in [0.2, 0.25) is 0 Å². The fourth-order valence-corrected chi connectivity index (χ4v) is 6.50. The van der Waals surface area contributed by atoms with Gasteiger partial charge in [0, 0.05) is 47.0 Å². The Kier molecular flexibility index (Phi) is 5.39. The van der Waals surface area contributed by atoms with E-state index in [2.05, 4.69) is 27.1 Å². The van der Waals surface area contributed by atoms with Gasteiger partial charge >= 0.3 is 0 Å². The number of hydrogen-bond acceptors (Lipinski definition) is 6. The smallest absolute Gasteiger partial charge is 0.274 e. The number of anilines is 1. The maximum absolute atomic E-state index is 14.9. The molecule has 4 rings (SSSR count). The Bertz CT molecular complexity index is 1180. The molecule has 7 nitrogen and oxygen atoms in total. The molecule has 2 aliphatic heterocycles. The molecule has 0 aliphatic carbocycles. The molecule has 2 N–H and O–H groups in total. The fourth-order valence-electron chi connectivity index (χ4n) is 4.42. The summed E-state index contributed by atoms with van der Waals surface area (Å²) in [7, 11) is 0.725. The van der Waals surface area contributed by atoms with Crippen molar-refractivity contribution in [3.05, 3.63) is 70.9 Å². The molecular weight excluding hydrogens is 429 g/mol. The average molecular weight is 454 g/mol. The van der Waals surface area contributed by atoms with Crippen LogP contribution in [0.15, 0.2) is 42.7 Å². The van der Waals surface area contributed by atoms with Crippen molar-refractivity contribution in [3.8, 4) is 6.07 Å². The van der Waals surface area contributed by atoms with Crippen molar-refractivity contribution in [3.63, 3.8) is 0 Å². The molecule has 2 atom stereocenters. The third-order valence-corrected chi connectivity index (χ3v) is 8.34. The summed E-state index contributed by atoms with van der Waals surface area (Å²) in [6, 6.07) is 7.87. The van der Waals surface area contributed by atoms with E-state index in [1.54, 1.807) is 26.0 Å². The summed E-state index contributed by atoms with van der Waals surface area (Å²) in [5.41, 5.74) is 1.51. The summed E-state index contributed by atoms with van der Waals surface area (Å²) in [5, 5.41) is 15.0. The molecule has 9 heteroatoms. The molecule has 32 heavy (non-hydrogen) atoms. The second-order valence-corrected chi connectivity index (χ2v) is 10.5. The van der Waals surface area contributed by atoms with Crippen LogP contribution in [0.2, 0.25) is 0 Å². The van der Waals surface area contributed by atoms with Gasteiger partial charge in [0.05, 0.1) is 16.9 Å². The maximum atomic E-state index is 14.9. The minimum atomic E-state index is -1.23. The van der Waals surface area contributed by atoms with Gasteiger partial charge in [-0.05, 0) is 50.7 Å². The highest BCUT2D eigenvalue weighted by molar-refractivity contribution is 7.87. The number of hydrogen-bond donors (Lipinski definition) is 2. The van der Waals surface area contributed by atoms with Crippen LogP contribution in [-0.2, 0) is 16.3 Å². The highest BCUT2D eigenvalue weighted by Crippen LogP contribution is 2.41. The Morgan fingerprint density at radius 3 is 2.72 bits per heavy atom. The number of nitrogens with one attached hydrogen (secondary N) is 2. The summed E-state index contributed by atoms with van der Waals surface area (Å²) in [6.45, 7) is 8.89. The number of pyridine rings is 1. The molecule has 1 aromatic heterocycles. The van der Waals surface area contributed by atoms with E-state index in [9.17, 15) is 13.4 Å². The number of carbonyl (C=O) groups excluding carboxylic acids is 1. The van der Waals surface area contributed by atoms with Crippen molar-refractivity contribution in [1.82, 2.24) is 15.2 Å². The van der Waals surface area contributed by atoms with Crippen molar-refractivity contribution in [2.45, 2.75) is 24.1 Å². The molecular formula is C23H24FN5O2S. The second kappa shape index (κ2) is 7.80. The second-order valence-electron chi connectivity index (χ2n) is 8.74. The molecule has 1 spiro atoms. The molecule has 0 saturated carbocycles. The van der Waals surface area contributed by atoms with Crippen LogP contribution in [0, 0.1) is 24.1 Å². The third kappa shape index (κ3) is 3.59. The molecule has 0 bridgehead atoms. The predicted octanol–water partition coefficient (Wildman–Crippen LogP) is 2.42. The molecule has 1 amide bonds. The number of rotatable bonds is 3. The van der Waals surface area contributed by atoms with Crippen LogP contribution in [0.5, 0.6) is 0 Å². The number of carbonyl (C=O) groups is 1. The van der Waals surface area contributed by atoms with Crippen LogP contribution in [0.3, 0.4) is 0 Å². The number of amides is 1.